The Morgan fingerprint density at radius 2 is 2.18 bits per heavy atom. The molecule has 0 radical (unpaired) electrons. The summed E-state index contributed by atoms with van der Waals surface area (Å²) >= 11 is 1.53. The van der Waals surface area contributed by atoms with Crippen LogP contribution in [-0.2, 0) is 11.3 Å². The third-order valence-corrected chi connectivity index (χ3v) is 3.14. The Morgan fingerprint density at radius 3 is 2.71 bits per heavy atom. The highest BCUT2D eigenvalue weighted by atomic mass is 32.1. The minimum Gasteiger partial charge on any atom is -0.479 e. The second-order valence-electron chi connectivity index (χ2n) is 3.44. The molecule has 1 rings (SSSR count). The van der Waals surface area contributed by atoms with Gasteiger partial charge in [-0.15, -0.1) is 11.3 Å². The summed E-state index contributed by atoms with van der Waals surface area (Å²) in [6, 6.07) is 1.45. The summed E-state index contributed by atoms with van der Waals surface area (Å²) in [6.07, 6.45) is -1.58. The van der Waals surface area contributed by atoms with E-state index in [1.807, 2.05) is 18.4 Å². The second-order valence-corrected chi connectivity index (χ2v) is 4.45. The molecule has 2 amide bonds. The third-order valence-electron chi connectivity index (χ3n) is 2.12. The maximum atomic E-state index is 11.3. The highest BCUT2D eigenvalue weighted by Crippen LogP contribution is 2.14. The molecule has 0 spiro atoms. The Balaban J connectivity index is 2.27. The molecule has 0 aliphatic carbocycles. The highest BCUT2D eigenvalue weighted by Gasteiger charge is 2.13. The Bertz CT molecular complexity index is 405. The number of rotatable bonds is 5. The van der Waals surface area contributed by atoms with E-state index in [1.54, 1.807) is 0 Å². The molecule has 6 nitrogen and oxygen atoms in total. The van der Waals surface area contributed by atoms with Crippen molar-refractivity contribution in [3.63, 3.8) is 0 Å². The molecule has 7 heteroatoms. The zero-order chi connectivity index (χ0) is 12.8. The van der Waals surface area contributed by atoms with Crippen LogP contribution in [0, 0.1) is 6.92 Å². The lowest BCUT2D eigenvalue weighted by atomic mass is 10.3. The maximum absolute atomic E-state index is 11.3. The summed E-state index contributed by atoms with van der Waals surface area (Å²) < 4.78 is 0. The fraction of sp³-hybridized carbons (Fsp3) is 0.400. The van der Waals surface area contributed by atoms with Gasteiger partial charge in [0, 0.05) is 4.88 Å². The van der Waals surface area contributed by atoms with Crippen molar-refractivity contribution in [2.75, 3.05) is 6.54 Å². The van der Waals surface area contributed by atoms with Gasteiger partial charge in [-0.1, -0.05) is 0 Å². The SMILES string of the molecule is Cc1ccsc1CNC(=O)NC[C@H](O)C(=O)O. The van der Waals surface area contributed by atoms with Gasteiger partial charge in [0.05, 0.1) is 13.1 Å². The Kier molecular flexibility index (Phi) is 4.92. The quantitative estimate of drug-likeness (QED) is 0.610. The monoisotopic (exact) mass is 258 g/mol. The van der Waals surface area contributed by atoms with Gasteiger partial charge >= 0.3 is 12.0 Å². The molecule has 17 heavy (non-hydrogen) atoms. The fourth-order valence-corrected chi connectivity index (χ4v) is 1.93. The molecule has 0 aromatic carbocycles. The van der Waals surface area contributed by atoms with Crippen molar-refractivity contribution in [3.8, 4) is 0 Å². The van der Waals surface area contributed by atoms with Crippen LogP contribution in [-0.4, -0.2) is 34.9 Å². The van der Waals surface area contributed by atoms with Crippen molar-refractivity contribution in [1.29, 1.82) is 0 Å². The Hall–Kier alpha value is -1.60. The Morgan fingerprint density at radius 1 is 1.47 bits per heavy atom. The summed E-state index contributed by atoms with van der Waals surface area (Å²) in [6.45, 7) is 2.02. The van der Waals surface area contributed by atoms with Crippen LogP contribution < -0.4 is 10.6 Å². The van der Waals surface area contributed by atoms with E-state index in [1.165, 1.54) is 11.3 Å². The lowest BCUT2D eigenvalue weighted by Gasteiger charge is -2.09. The summed E-state index contributed by atoms with van der Waals surface area (Å²) in [4.78, 5) is 22.6. The van der Waals surface area contributed by atoms with E-state index >= 15 is 0 Å². The molecule has 94 valence electrons. The molecule has 0 aliphatic rings. The van der Waals surface area contributed by atoms with E-state index in [9.17, 15) is 9.59 Å². The standard InChI is InChI=1S/C10H14N2O4S/c1-6-2-3-17-8(6)5-12-10(16)11-4-7(13)9(14)15/h2-3,7,13H,4-5H2,1H3,(H,14,15)(H2,11,12,16)/t7-/m0/s1. The van der Waals surface area contributed by atoms with Crippen molar-refractivity contribution in [3.05, 3.63) is 21.9 Å². The lowest BCUT2D eigenvalue weighted by Crippen LogP contribution is -2.41. The summed E-state index contributed by atoms with van der Waals surface area (Å²) in [7, 11) is 0. The van der Waals surface area contributed by atoms with E-state index in [4.69, 9.17) is 10.2 Å². The predicted molar refractivity (Wildman–Crippen MR) is 62.9 cm³/mol. The Labute approximate surface area is 102 Å². The number of amides is 2. The number of carboxylic acid groups (broad SMARTS) is 1. The van der Waals surface area contributed by atoms with E-state index in [0.717, 1.165) is 10.4 Å². The molecule has 0 unspecified atom stereocenters. The van der Waals surface area contributed by atoms with Crippen LogP contribution in [0.5, 0.6) is 0 Å². The molecule has 0 aliphatic heterocycles. The number of aryl methyl sites for hydroxylation is 1. The molecule has 1 heterocycles. The molecule has 1 aromatic rings. The topological polar surface area (TPSA) is 98.7 Å². The van der Waals surface area contributed by atoms with Crippen molar-refractivity contribution in [2.24, 2.45) is 0 Å². The molecule has 0 saturated heterocycles. The van der Waals surface area contributed by atoms with Gasteiger partial charge < -0.3 is 20.8 Å². The smallest absolute Gasteiger partial charge is 0.334 e. The maximum Gasteiger partial charge on any atom is 0.334 e. The number of aliphatic carboxylic acids is 1. The van der Waals surface area contributed by atoms with E-state index in [0.29, 0.717) is 6.54 Å². The van der Waals surface area contributed by atoms with Crippen LogP contribution in [0.25, 0.3) is 0 Å². The average Bonchev–Trinajstić information content (AvgIpc) is 2.68. The molecular formula is C10H14N2O4S. The minimum atomic E-state index is -1.58. The van der Waals surface area contributed by atoms with Crippen LogP contribution in [0.1, 0.15) is 10.4 Å². The number of carbonyl (C=O) groups is 2. The molecule has 4 N–H and O–H groups in total. The normalized spacial score (nSPS) is 11.9. The zero-order valence-corrected chi connectivity index (χ0v) is 10.1. The van der Waals surface area contributed by atoms with Gasteiger partial charge in [0.1, 0.15) is 0 Å². The van der Waals surface area contributed by atoms with Gasteiger partial charge in [-0.3, -0.25) is 0 Å². The number of hydrogen-bond donors (Lipinski definition) is 4. The van der Waals surface area contributed by atoms with Gasteiger partial charge in [-0.25, -0.2) is 9.59 Å². The predicted octanol–water partition coefficient (Wildman–Crippen LogP) is 0.301. The van der Waals surface area contributed by atoms with Crippen LogP contribution in [0.4, 0.5) is 4.79 Å². The first-order chi connectivity index (χ1) is 8.00. The first-order valence-corrected chi connectivity index (χ1v) is 5.84. The fourth-order valence-electron chi connectivity index (χ4n) is 1.08. The molecule has 0 fully saturated rings. The number of aliphatic hydroxyl groups excluding tert-OH is 1. The number of hydrogen-bond acceptors (Lipinski definition) is 4. The number of thiophene rings is 1. The van der Waals surface area contributed by atoms with Crippen LogP contribution in [0.15, 0.2) is 11.4 Å². The minimum absolute atomic E-state index is 0.315. The molecule has 1 aromatic heterocycles. The average molecular weight is 258 g/mol. The highest BCUT2D eigenvalue weighted by molar-refractivity contribution is 7.10. The number of carbonyl (C=O) groups excluding carboxylic acids is 1. The zero-order valence-electron chi connectivity index (χ0n) is 9.27. The molecular weight excluding hydrogens is 244 g/mol. The van der Waals surface area contributed by atoms with Gasteiger partial charge in [-0.05, 0) is 23.9 Å². The van der Waals surface area contributed by atoms with Crippen LogP contribution in [0.3, 0.4) is 0 Å². The second kappa shape index (κ2) is 6.21. The largest absolute Gasteiger partial charge is 0.479 e. The van der Waals surface area contributed by atoms with Gasteiger partial charge in [0.25, 0.3) is 0 Å². The summed E-state index contributed by atoms with van der Waals surface area (Å²) in [5.74, 6) is -1.36. The summed E-state index contributed by atoms with van der Waals surface area (Å²) in [5, 5.41) is 24.1. The number of urea groups is 1. The molecule has 1 atom stereocenters. The first kappa shape index (κ1) is 13.5. The lowest BCUT2D eigenvalue weighted by molar-refractivity contribution is -0.146. The van der Waals surface area contributed by atoms with Crippen molar-refractivity contribution in [2.45, 2.75) is 19.6 Å². The number of carboxylic acids is 1. The van der Waals surface area contributed by atoms with Gasteiger partial charge in [-0.2, -0.15) is 0 Å². The van der Waals surface area contributed by atoms with Crippen LogP contribution in [0.2, 0.25) is 0 Å². The number of nitrogens with one attached hydrogen (secondary N) is 2. The first-order valence-electron chi connectivity index (χ1n) is 4.96. The molecule has 0 saturated carbocycles. The van der Waals surface area contributed by atoms with Crippen molar-refractivity contribution < 1.29 is 19.8 Å². The van der Waals surface area contributed by atoms with Gasteiger partial charge in [0.2, 0.25) is 0 Å². The van der Waals surface area contributed by atoms with Crippen molar-refractivity contribution >= 4 is 23.3 Å². The van der Waals surface area contributed by atoms with Crippen molar-refractivity contribution in [1.82, 2.24) is 10.6 Å². The molecule has 0 bridgehead atoms. The van der Waals surface area contributed by atoms with E-state index in [2.05, 4.69) is 10.6 Å². The number of aliphatic hydroxyl groups is 1. The third kappa shape index (κ3) is 4.41. The van der Waals surface area contributed by atoms with E-state index < -0.39 is 18.1 Å². The van der Waals surface area contributed by atoms with Gasteiger partial charge in [0.15, 0.2) is 6.10 Å². The van der Waals surface area contributed by atoms with Crippen LogP contribution >= 0.6 is 11.3 Å². The van der Waals surface area contributed by atoms with E-state index in [-0.39, 0.29) is 6.54 Å². The summed E-state index contributed by atoms with van der Waals surface area (Å²) in [5.41, 5.74) is 1.10.